The first-order chi connectivity index (χ1) is 11.2. The maximum Gasteiger partial charge on any atom is 0.181 e. The molecule has 118 valence electrons. The lowest BCUT2D eigenvalue weighted by molar-refractivity contribution is 0.354. The normalized spacial score (nSPS) is 12.0. The van der Waals surface area contributed by atoms with Gasteiger partial charge in [0.25, 0.3) is 0 Å². The largest absolute Gasteiger partial charge is 0.493 e. The lowest BCUT2D eigenvalue weighted by Crippen LogP contribution is -2.14. The van der Waals surface area contributed by atoms with Crippen LogP contribution in [0.3, 0.4) is 0 Å². The zero-order chi connectivity index (χ0) is 16.2. The highest BCUT2D eigenvalue weighted by atomic mass is 16.5. The van der Waals surface area contributed by atoms with E-state index in [1.807, 2.05) is 48.5 Å². The van der Waals surface area contributed by atoms with E-state index in [1.165, 1.54) is 0 Å². The number of benzene rings is 2. The molecule has 0 aliphatic carbocycles. The molecular formula is C17H18N4O2. The average Bonchev–Trinajstić information content (AvgIpc) is 3.11. The van der Waals surface area contributed by atoms with Gasteiger partial charge in [0.1, 0.15) is 5.82 Å². The van der Waals surface area contributed by atoms with E-state index in [1.54, 1.807) is 14.2 Å². The molecule has 6 nitrogen and oxygen atoms in total. The lowest BCUT2D eigenvalue weighted by atomic mass is 10.1. The standard InChI is InChI=1S/C17H18N4O2/c1-22-13-9-8-12(10-14(13)23-2)15(18)17-19-16(20-21-17)11-6-4-3-5-7-11/h3-10,15H,18H2,1-2H3,(H,19,20,21)/t15-/m1/s1. The van der Waals surface area contributed by atoms with Crippen LogP contribution in [0.1, 0.15) is 17.4 Å². The second-order valence-electron chi connectivity index (χ2n) is 5.00. The lowest BCUT2D eigenvalue weighted by Gasteiger charge is -2.12. The highest BCUT2D eigenvalue weighted by Crippen LogP contribution is 2.30. The number of hydrogen-bond donors (Lipinski definition) is 2. The molecule has 0 saturated heterocycles. The number of H-pyrrole nitrogens is 1. The van der Waals surface area contributed by atoms with E-state index >= 15 is 0 Å². The van der Waals surface area contributed by atoms with Gasteiger partial charge in [0.15, 0.2) is 17.3 Å². The number of aromatic amines is 1. The Kier molecular flexibility index (Phi) is 4.25. The summed E-state index contributed by atoms with van der Waals surface area (Å²) >= 11 is 0. The van der Waals surface area contributed by atoms with Crippen molar-refractivity contribution in [2.45, 2.75) is 6.04 Å². The topological polar surface area (TPSA) is 86.0 Å². The number of aromatic nitrogens is 3. The molecule has 3 rings (SSSR count). The molecule has 3 aromatic rings. The van der Waals surface area contributed by atoms with Crippen LogP contribution in [0.4, 0.5) is 0 Å². The highest BCUT2D eigenvalue weighted by molar-refractivity contribution is 5.54. The molecule has 0 spiro atoms. The van der Waals surface area contributed by atoms with Crippen molar-refractivity contribution in [1.29, 1.82) is 0 Å². The summed E-state index contributed by atoms with van der Waals surface area (Å²) < 4.78 is 10.5. The van der Waals surface area contributed by atoms with Crippen molar-refractivity contribution in [3.05, 3.63) is 59.9 Å². The molecule has 0 saturated carbocycles. The molecule has 0 radical (unpaired) electrons. The van der Waals surface area contributed by atoms with Crippen molar-refractivity contribution in [2.24, 2.45) is 5.73 Å². The van der Waals surface area contributed by atoms with Crippen LogP contribution in [0, 0.1) is 0 Å². The van der Waals surface area contributed by atoms with Crippen LogP contribution in [0.2, 0.25) is 0 Å². The summed E-state index contributed by atoms with van der Waals surface area (Å²) in [5, 5.41) is 7.15. The Morgan fingerprint density at radius 1 is 1.00 bits per heavy atom. The molecule has 0 bridgehead atoms. The van der Waals surface area contributed by atoms with Crippen LogP contribution in [0.15, 0.2) is 48.5 Å². The van der Waals surface area contributed by atoms with Gasteiger partial charge in [0.2, 0.25) is 0 Å². The van der Waals surface area contributed by atoms with Gasteiger partial charge in [-0.2, -0.15) is 5.10 Å². The Balaban J connectivity index is 1.89. The molecule has 1 heterocycles. The van der Waals surface area contributed by atoms with Gasteiger partial charge in [0, 0.05) is 5.56 Å². The second-order valence-corrected chi connectivity index (χ2v) is 5.00. The van der Waals surface area contributed by atoms with E-state index in [4.69, 9.17) is 15.2 Å². The van der Waals surface area contributed by atoms with Gasteiger partial charge in [-0.05, 0) is 17.7 Å². The van der Waals surface area contributed by atoms with Gasteiger partial charge in [0.05, 0.1) is 20.3 Å². The summed E-state index contributed by atoms with van der Waals surface area (Å²) in [7, 11) is 3.19. The number of nitrogens with one attached hydrogen (secondary N) is 1. The Morgan fingerprint density at radius 2 is 1.74 bits per heavy atom. The molecule has 23 heavy (non-hydrogen) atoms. The minimum Gasteiger partial charge on any atom is -0.493 e. The Bertz CT molecular complexity index is 786. The Hall–Kier alpha value is -2.86. The molecule has 6 heteroatoms. The van der Waals surface area contributed by atoms with Gasteiger partial charge in [-0.1, -0.05) is 36.4 Å². The third-order valence-electron chi connectivity index (χ3n) is 3.60. The van der Waals surface area contributed by atoms with Crippen LogP contribution in [-0.2, 0) is 0 Å². The maximum absolute atomic E-state index is 6.29. The van der Waals surface area contributed by atoms with E-state index in [0.717, 1.165) is 11.1 Å². The SMILES string of the molecule is COc1ccc([C@@H](N)c2nc(-c3ccccc3)n[nH]2)cc1OC. The number of methoxy groups -OCH3 is 2. The van der Waals surface area contributed by atoms with E-state index in [2.05, 4.69) is 15.2 Å². The second kappa shape index (κ2) is 6.50. The van der Waals surface area contributed by atoms with Crippen molar-refractivity contribution >= 4 is 0 Å². The Morgan fingerprint density at radius 3 is 2.43 bits per heavy atom. The zero-order valence-electron chi connectivity index (χ0n) is 13.0. The molecule has 1 atom stereocenters. The van der Waals surface area contributed by atoms with Crippen molar-refractivity contribution in [1.82, 2.24) is 15.2 Å². The van der Waals surface area contributed by atoms with Gasteiger partial charge in [-0.3, -0.25) is 5.10 Å². The predicted octanol–water partition coefficient (Wildman–Crippen LogP) is 2.54. The summed E-state index contributed by atoms with van der Waals surface area (Å²) in [5.41, 5.74) is 8.09. The van der Waals surface area contributed by atoms with Gasteiger partial charge in [-0.15, -0.1) is 0 Å². The summed E-state index contributed by atoms with van der Waals surface area (Å²) in [5.74, 6) is 2.50. The fourth-order valence-corrected chi connectivity index (χ4v) is 2.33. The number of rotatable bonds is 5. The van der Waals surface area contributed by atoms with Crippen molar-refractivity contribution in [2.75, 3.05) is 14.2 Å². The number of ether oxygens (including phenoxy) is 2. The summed E-state index contributed by atoms with van der Waals surface area (Å²) in [6, 6.07) is 14.9. The zero-order valence-corrected chi connectivity index (χ0v) is 13.0. The molecule has 0 amide bonds. The third-order valence-corrected chi connectivity index (χ3v) is 3.60. The van der Waals surface area contributed by atoms with Crippen molar-refractivity contribution < 1.29 is 9.47 Å². The van der Waals surface area contributed by atoms with E-state index in [9.17, 15) is 0 Å². The molecule has 3 N–H and O–H groups in total. The van der Waals surface area contributed by atoms with E-state index in [-0.39, 0.29) is 0 Å². The van der Waals surface area contributed by atoms with Gasteiger partial charge >= 0.3 is 0 Å². The van der Waals surface area contributed by atoms with Crippen LogP contribution in [-0.4, -0.2) is 29.4 Å². The summed E-state index contributed by atoms with van der Waals surface area (Å²) in [6.45, 7) is 0. The minimum absolute atomic E-state index is 0.431. The number of nitrogens with two attached hydrogens (primary N) is 1. The highest BCUT2D eigenvalue weighted by Gasteiger charge is 2.16. The average molecular weight is 310 g/mol. The van der Waals surface area contributed by atoms with Gasteiger partial charge in [-0.25, -0.2) is 4.98 Å². The summed E-state index contributed by atoms with van der Waals surface area (Å²) in [6.07, 6.45) is 0. The van der Waals surface area contributed by atoms with Crippen LogP contribution in [0.25, 0.3) is 11.4 Å². The molecule has 1 aromatic heterocycles. The molecule has 0 aliphatic rings. The predicted molar refractivity (Wildman–Crippen MR) is 87.4 cm³/mol. The van der Waals surface area contributed by atoms with E-state index < -0.39 is 6.04 Å². The maximum atomic E-state index is 6.29. The van der Waals surface area contributed by atoms with Crippen molar-refractivity contribution in [3.63, 3.8) is 0 Å². The first kappa shape index (κ1) is 15.1. The minimum atomic E-state index is -0.431. The smallest absolute Gasteiger partial charge is 0.181 e. The molecule has 0 unspecified atom stereocenters. The number of hydrogen-bond acceptors (Lipinski definition) is 5. The third kappa shape index (κ3) is 3.02. The first-order valence-electron chi connectivity index (χ1n) is 7.18. The first-order valence-corrected chi connectivity index (χ1v) is 7.18. The number of nitrogens with zero attached hydrogens (tertiary/aromatic N) is 2. The van der Waals surface area contributed by atoms with E-state index in [0.29, 0.717) is 23.1 Å². The molecular weight excluding hydrogens is 292 g/mol. The van der Waals surface area contributed by atoms with Crippen LogP contribution < -0.4 is 15.2 Å². The van der Waals surface area contributed by atoms with Crippen LogP contribution >= 0.6 is 0 Å². The molecule has 0 aliphatic heterocycles. The fourth-order valence-electron chi connectivity index (χ4n) is 2.33. The molecule has 2 aromatic carbocycles. The quantitative estimate of drug-likeness (QED) is 0.756. The summed E-state index contributed by atoms with van der Waals surface area (Å²) in [4.78, 5) is 4.49. The monoisotopic (exact) mass is 310 g/mol. The molecule has 0 fully saturated rings. The Labute approximate surface area is 134 Å². The fraction of sp³-hybridized carbons (Fsp3) is 0.176. The van der Waals surface area contributed by atoms with Gasteiger partial charge < -0.3 is 15.2 Å². The van der Waals surface area contributed by atoms with Crippen LogP contribution in [0.5, 0.6) is 11.5 Å². The van der Waals surface area contributed by atoms with Crippen molar-refractivity contribution in [3.8, 4) is 22.9 Å².